The molecule has 152 valence electrons. The van der Waals surface area contributed by atoms with E-state index in [4.69, 9.17) is 9.84 Å². The third kappa shape index (κ3) is 4.25. The van der Waals surface area contributed by atoms with Gasteiger partial charge in [-0.25, -0.2) is 14.6 Å². The zero-order valence-corrected chi connectivity index (χ0v) is 16.2. The highest BCUT2D eigenvalue weighted by atomic mass is 16.5. The summed E-state index contributed by atoms with van der Waals surface area (Å²) in [6.45, 7) is 1.34. The molecule has 0 spiro atoms. The van der Waals surface area contributed by atoms with E-state index in [9.17, 15) is 9.59 Å². The van der Waals surface area contributed by atoms with Crippen molar-refractivity contribution in [3.05, 3.63) is 77.9 Å². The summed E-state index contributed by atoms with van der Waals surface area (Å²) in [5, 5.41) is 12.0. The van der Waals surface area contributed by atoms with Gasteiger partial charge in [-0.3, -0.25) is 4.90 Å². The van der Waals surface area contributed by atoms with E-state index in [2.05, 4.69) is 10.3 Å². The Kier molecular flexibility index (Phi) is 5.61. The molecular weight excluding hydrogens is 382 g/mol. The van der Waals surface area contributed by atoms with Gasteiger partial charge in [-0.15, -0.1) is 0 Å². The van der Waals surface area contributed by atoms with Crippen molar-refractivity contribution < 1.29 is 19.4 Å². The highest BCUT2D eigenvalue weighted by molar-refractivity contribution is 5.94. The molecule has 0 saturated heterocycles. The SMILES string of the molecule is O=C(O)c1ccc(-c2ccc3c(n2)OCCN3C(=O)NCCc2ccccc2)cc1. The third-order valence-electron chi connectivity index (χ3n) is 4.89. The molecule has 0 unspecified atom stereocenters. The van der Waals surface area contributed by atoms with Gasteiger partial charge >= 0.3 is 12.0 Å². The molecule has 0 radical (unpaired) electrons. The van der Waals surface area contributed by atoms with Crippen LogP contribution < -0.4 is 15.0 Å². The molecule has 0 atom stereocenters. The summed E-state index contributed by atoms with van der Waals surface area (Å²) in [5.74, 6) is -0.587. The number of pyridine rings is 1. The molecule has 2 N–H and O–H groups in total. The average molecular weight is 403 g/mol. The van der Waals surface area contributed by atoms with E-state index in [0.29, 0.717) is 37.0 Å². The van der Waals surface area contributed by atoms with E-state index >= 15 is 0 Å². The maximum absolute atomic E-state index is 12.7. The van der Waals surface area contributed by atoms with Gasteiger partial charge < -0.3 is 15.2 Å². The second-order valence-electron chi connectivity index (χ2n) is 6.87. The number of hydrogen-bond donors (Lipinski definition) is 2. The van der Waals surface area contributed by atoms with Gasteiger partial charge in [-0.1, -0.05) is 42.5 Å². The summed E-state index contributed by atoms with van der Waals surface area (Å²) in [7, 11) is 0. The van der Waals surface area contributed by atoms with Gasteiger partial charge in [0.15, 0.2) is 0 Å². The zero-order chi connectivity index (χ0) is 20.9. The van der Waals surface area contributed by atoms with Crippen molar-refractivity contribution in [3.63, 3.8) is 0 Å². The van der Waals surface area contributed by atoms with Gasteiger partial charge in [0.25, 0.3) is 0 Å². The maximum atomic E-state index is 12.7. The molecule has 0 aliphatic carbocycles. The van der Waals surface area contributed by atoms with E-state index in [1.165, 1.54) is 17.7 Å². The summed E-state index contributed by atoms with van der Waals surface area (Å²) in [5.41, 5.74) is 3.42. The van der Waals surface area contributed by atoms with Crippen LogP contribution in [0, 0.1) is 0 Å². The Morgan fingerprint density at radius 3 is 2.53 bits per heavy atom. The van der Waals surface area contributed by atoms with Gasteiger partial charge in [0.05, 0.1) is 17.8 Å². The first-order chi connectivity index (χ1) is 14.6. The number of aromatic carboxylic acids is 1. The molecule has 0 fully saturated rings. The molecule has 7 nitrogen and oxygen atoms in total. The van der Waals surface area contributed by atoms with Crippen molar-refractivity contribution in [1.82, 2.24) is 10.3 Å². The number of carboxylic acids is 1. The quantitative estimate of drug-likeness (QED) is 0.679. The minimum absolute atomic E-state index is 0.184. The molecule has 2 amide bonds. The maximum Gasteiger partial charge on any atom is 0.335 e. The fourth-order valence-electron chi connectivity index (χ4n) is 3.31. The van der Waals surface area contributed by atoms with Gasteiger partial charge in [-0.05, 0) is 36.2 Å². The van der Waals surface area contributed by atoms with Gasteiger partial charge in [0.1, 0.15) is 12.3 Å². The summed E-state index contributed by atoms with van der Waals surface area (Å²) >= 11 is 0. The van der Waals surface area contributed by atoms with Crippen LogP contribution in [0.4, 0.5) is 10.5 Å². The monoisotopic (exact) mass is 403 g/mol. The Hall–Kier alpha value is -3.87. The number of anilines is 1. The predicted octanol–water partition coefficient (Wildman–Crippen LogP) is 3.60. The number of nitrogens with one attached hydrogen (secondary N) is 1. The van der Waals surface area contributed by atoms with Gasteiger partial charge in [0.2, 0.25) is 5.88 Å². The molecule has 0 saturated carbocycles. The first-order valence-corrected chi connectivity index (χ1v) is 9.69. The lowest BCUT2D eigenvalue weighted by Crippen LogP contribution is -2.45. The standard InChI is InChI=1S/C23H21N3O4/c27-22(28)18-8-6-17(7-9-18)19-10-11-20-21(25-19)30-15-14-26(20)23(29)24-13-12-16-4-2-1-3-5-16/h1-11H,12-15H2,(H,24,29)(H,27,28). The van der Waals surface area contributed by atoms with Crippen molar-refractivity contribution in [1.29, 1.82) is 0 Å². The highest BCUT2D eigenvalue weighted by Crippen LogP contribution is 2.32. The molecule has 4 rings (SSSR count). The summed E-state index contributed by atoms with van der Waals surface area (Å²) in [6, 6.07) is 19.9. The second kappa shape index (κ2) is 8.65. The Bertz CT molecular complexity index is 1050. The van der Waals surface area contributed by atoms with Crippen molar-refractivity contribution in [2.75, 3.05) is 24.6 Å². The fraction of sp³-hybridized carbons (Fsp3) is 0.174. The number of urea groups is 1. The Morgan fingerprint density at radius 2 is 1.80 bits per heavy atom. The number of rotatable bonds is 5. The van der Waals surface area contributed by atoms with E-state index in [-0.39, 0.29) is 11.6 Å². The largest absolute Gasteiger partial charge is 0.478 e. The van der Waals surface area contributed by atoms with Gasteiger partial charge in [0, 0.05) is 12.1 Å². The van der Waals surface area contributed by atoms with E-state index in [1.807, 2.05) is 30.3 Å². The number of carboxylic acid groups (broad SMARTS) is 1. The Balaban J connectivity index is 1.46. The number of hydrogen-bond acceptors (Lipinski definition) is 4. The van der Waals surface area contributed by atoms with Crippen molar-refractivity contribution in [2.45, 2.75) is 6.42 Å². The number of amides is 2. The lowest BCUT2D eigenvalue weighted by molar-refractivity contribution is 0.0697. The van der Waals surface area contributed by atoms with Gasteiger partial charge in [-0.2, -0.15) is 0 Å². The number of aromatic nitrogens is 1. The number of ether oxygens (including phenoxy) is 1. The number of fused-ring (bicyclic) bond motifs is 1. The summed E-state index contributed by atoms with van der Waals surface area (Å²) < 4.78 is 5.67. The molecule has 1 aliphatic heterocycles. The van der Waals surface area contributed by atoms with Crippen LogP contribution in [0.2, 0.25) is 0 Å². The predicted molar refractivity (Wildman–Crippen MR) is 113 cm³/mol. The first-order valence-electron chi connectivity index (χ1n) is 9.69. The highest BCUT2D eigenvalue weighted by Gasteiger charge is 2.25. The van der Waals surface area contributed by atoms with Crippen molar-refractivity contribution in [3.8, 4) is 17.1 Å². The summed E-state index contributed by atoms with van der Waals surface area (Å²) in [4.78, 5) is 29.9. The Morgan fingerprint density at radius 1 is 1.03 bits per heavy atom. The lowest BCUT2D eigenvalue weighted by Gasteiger charge is -2.29. The number of benzene rings is 2. The van der Waals surface area contributed by atoms with Crippen LogP contribution in [0.15, 0.2) is 66.7 Å². The topological polar surface area (TPSA) is 91.8 Å². The molecular formula is C23H21N3O4. The third-order valence-corrected chi connectivity index (χ3v) is 4.89. The molecule has 2 heterocycles. The lowest BCUT2D eigenvalue weighted by atomic mass is 10.1. The second-order valence-corrected chi connectivity index (χ2v) is 6.87. The molecule has 2 aromatic carbocycles. The molecule has 0 bridgehead atoms. The Labute approximate surface area is 173 Å². The molecule has 3 aromatic rings. The number of carbonyl (C=O) groups is 2. The minimum atomic E-state index is -0.975. The van der Waals surface area contributed by atoms with Crippen LogP contribution >= 0.6 is 0 Å². The molecule has 1 aromatic heterocycles. The molecule has 1 aliphatic rings. The van der Waals surface area contributed by atoms with Crippen LogP contribution in [-0.4, -0.2) is 41.8 Å². The van der Waals surface area contributed by atoms with E-state index < -0.39 is 5.97 Å². The first kappa shape index (κ1) is 19.4. The smallest absolute Gasteiger partial charge is 0.335 e. The molecule has 30 heavy (non-hydrogen) atoms. The average Bonchev–Trinajstić information content (AvgIpc) is 2.79. The fourth-order valence-corrected chi connectivity index (χ4v) is 3.31. The zero-order valence-electron chi connectivity index (χ0n) is 16.2. The van der Waals surface area contributed by atoms with Crippen molar-refractivity contribution in [2.24, 2.45) is 0 Å². The van der Waals surface area contributed by atoms with Crippen LogP contribution in [0.25, 0.3) is 11.3 Å². The normalized spacial score (nSPS) is 12.6. The summed E-state index contributed by atoms with van der Waals surface area (Å²) in [6.07, 6.45) is 0.757. The van der Waals surface area contributed by atoms with Crippen LogP contribution in [0.3, 0.4) is 0 Å². The van der Waals surface area contributed by atoms with Crippen LogP contribution in [-0.2, 0) is 6.42 Å². The minimum Gasteiger partial charge on any atom is -0.478 e. The molecule has 7 heteroatoms. The van der Waals surface area contributed by atoms with Crippen LogP contribution in [0.5, 0.6) is 5.88 Å². The van der Waals surface area contributed by atoms with Crippen molar-refractivity contribution >= 4 is 17.7 Å². The van der Waals surface area contributed by atoms with Crippen LogP contribution in [0.1, 0.15) is 15.9 Å². The number of carbonyl (C=O) groups excluding carboxylic acids is 1. The number of nitrogens with zero attached hydrogens (tertiary/aromatic N) is 2. The van der Waals surface area contributed by atoms with E-state index in [0.717, 1.165) is 12.0 Å². The van der Waals surface area contributed by atoms with E-state index in [1.54, 1.807) is 29.2 Å².